The monoisotopic (exact) mass is 248 g/mol. The van der Waals surface area contributed by atoms with Gasteiger partial charge in [0.2, 0.25) is 0 Å². The Morgan fingerprint density at radius 2 is 1.94 bits per heavy atom. The minimum absolute atomic E-state index is 0.186. The minimum atomic E-state index is -0.631. The Balaban J connectivity index is 2.65. The number of anilines is 1. The fraction of sp³-hybridized carbons (Fsp3) is 0.231. The first kappa shape index (κ1) is 13.8. The number of nitrogens with two attached hydrogens (primary N) is 1. The van der Waals surface area contributed by atoms with Crippen LogP contribution in [0.5, 0.6) is 0 Å². The van der Waals surface area contributed by atoms with E-state index >= 15 is 0 Å². The lowest BCUT2D eigenvalue weighted by Crippen LogP contribution is -2.21. The third-order valence-electron chi connectivity index (χ3n) is 2.13. The molecule has 0 unspecified atom stereocenters. The Labute approximate surface area is 106 Å². The second-order valence-corrected chi connectivity index (χ2v) is 3.67. The molecule has 0 saturated heterocycles. The van der Waals surface area contributed by atoms with E-state index in [1.54, 1.807) is 19.1 Å². The van der Waals surface area contributed by atoms with Crippen LogP contribution in [0.4, 0.5) is 5.69 Å². The highest BCUT2D eigenvalue weighted by Gasteiger charge is 2.08. The molecule has 0 radical (unpaired) electrons. The summed E-state index contributed by atoms with van der Waals surface area (Å²) in [7, 11) is 0. The smallest absolute Gasteiger partial charge is 0.333 e. The number of carbonyl (C=O) groups is 2. The van der Waals surface area contributed by atoms with Crippen LogP contribution in [0.1, 0.15) is 12.5 Å². The van der Waals surface area contributed by atoms with Gasteiger partial charge in [-0.3, -0.25) is 4.79 Å². The maximum absolute atomic E-state index is 11.6. The van der Waals surface area contributed by atoms with Gasteiger partial charge in [0, 0.05) is 5.69 Å². The molecule has 1 amide bonds. The minimum Gasteiger partial charge on any atom is -0.463 e. The van der Waals surface area contributed by atoms with Gasteiger partial charge >= 0.3 is 5.97 Å². The van der Waals surface area contributed by atoms with Crippen LogP contribution in [-0.4, -0.2) is 18.5 Å². The van der Waals surface area contributed by atoms with Crippen molar-refractivity contribution in [2.24, 2.45) is 5.73 Å². The van der Waals surface area contributed by atoms with Crippen molar-refractivity contribution in [3.05, 3.63) is 41.6 Å². The molecule has 3 N–H and O–H groups in total. The average Bonchev–Trinajstić information content (AvgIpc) is 2.32. The zero-order valence-corrected chi connectivity index (χ0v) is 10.4. The largest absolute Gasteiger partial charge is 0.463 e. The van der Waals surface area contributed by atoms with E-state index in [1.807, 2.05) is 19.1 Å². The van der Waals surface area contributed by atoms with Gasteiger partial charge in [-0.25, -0.2) is 4.79 Å². The number of hydrogen-bond donors (Lipinski definition) is 2. The number of benzene rings is 1. The number of aryl methyl sites for hydroxylation is 1. The van der Waals surface area contributed by atoms with Crippen LogP contribution in [-0.2, 0) is 14.3 Å². The fourth-order valence-corrected chi connectivity index (χ4v) is 1.22. The molecule has 0 aliphatic rings. The molecule has 5 nitrogen and oxygen atoms in total. The van der Waals surface area contributed by atoms with Gasteiger partial charge < -0.3 is 15.8 Å². The number of ether oxygens (including phenoxy) is 1. The summed E-state index contributed by atoms with van der Waals surface area (Å²) in [6.45, 7) is 3.86. The molecule has 18 heavy (non-hydrogen) atoms. The summed E-state index contributed by atoms with van der Waals surface area (Å²) in [6, 6.07) is 7.23. The number of hydrogen-bond acceptors (Lipinski definition) is 4. The lowest BCUT2D eigenvalue weighted by atomic mass is 10.2. The summed E-state index contributed by atoms with van der Waals surface area (Å²) in [5, 5.41) is 2.58. The molecular formula is C13H16N2O3. The zero-order valence-electron chi connectivity index (χ0n) is 10.4. The van der Waals surface area contributed by atoms with E-state index in [1.165, 1.54) is 0 Å². The first-order valence-electron chi connectivity index (χ1n) is 5.55. The molecule has 96 valence electrons. The SMILES string of the molecule is CCOC(=O)/C=C(/N)C(=O)Nc1ccc(C)cc1. The molecule has 5 heteroatoms. The molecular weight excluding hydrogens is 232 g/mol. The van der Waals surface area contributed by atoms with Crippen molar-refractivity contribution in [3.8, 4) is 0 Å². The summed E-state index contributed by atoms with van der Waals surface area (Å²) in [5.74, 6) is -1.17. The van der Waals surface area contributed by atoms with Crippen LogP contribution in [0, 0.1) is 6.92 Å². The highest BCUT2D eigenvalue weighted by atomic mass is 16.5. The summed E-state index contributed by atoms with van der Waals surface area (Å²) in [4.78, 5) is 22.7. The van der Waals surface area contributed by atoms with Gasteiger partial charge in [-0.1, -0.05) is 17.7 Å². The first-order valence-corrected chi connectivity index (χ1v) is 5.55. The van der Waals surface area contributed by atoms with Crippen LogP contribution in [0.25, 0.3) is 0 Å². The second-order valence-electron chi connectivity index (χ2n) is 3.67. The van der Waals surface area contributed by atoms with Crippen molar-refractivity contribution in [3.63, 3.8) is 0 Å². The van der Waals surface area contributed by atoms with Crippen molar-refractivity contribution in [2.45, 2.75) is 13.8 Å². The molecule has 0 saturated carbocycles. The molecule has 0 atom stereocenters. The Kier molecular flexibility index (Phi) is 4.92. The Morgan fingerprint density at radius 1 is 1.33 bits per heavy atom. The predicted octanol–water partition coefficient (Wildman–Crippen LogP) is 1.34. The van der Waals surface area contributed by atoms with E-state index in [0.717, 1.165) is 11.6 Å². The van der Waals surface area contributed by atoms with Gasteiger partial charge in [0.25, 0.3) is 5.91 Å². The molecule has 1 aromatic rings. The van der Waals surface area contributed by atoms with Crippen LogP contribution in [0.2, 0.25) is 0 Å². The van der Waals surface area contributed by atoms with E-state index in [0.29, 0.717) is 5.69 Å². The van der Waals surface area contributed by atoms with Gasteiger partial charge in [0.05, 0.1) is 12.7 Å². The van der Waals surface area contributed by atoms with Gasteiger partial charge in [-0.05, 0) is 26.0 Å². The molecule has 0 spiro atoms. The highest BCUT2D eigenvalue weighted by molar-refractivity contribution is 6.06. The van der Waals surface area contributed by atoms with Gasteiger partial charge in [-0.15, -0.1) is 0 Å². The Bertz CT molecular complexity index is 464. The van der Waals surface area contributed by atoms with E-state index in [4.69, 9.17) is 5.73 Å². The van der Waals surface area contributed by atoms with Crippen molar-refractivity contribution >= 4 is 17.6 Å². The fourth-order valence-electron chi connectivity index (χ4n) is 1.22. The number of rotatable bonds is 4. The molecule has 0 aromatic heterocycles. The van der Waals surface area contributed by atoms with E-state index in [9.17, 15) is 9.59 Å². The molecule has 0 heterocycles. The van der Waals surface area contributed by atoms with Gasteiger partial charge in [-0.2, -0.15) is 0 Å². The molecule has 1 aromatic carbocycles. The predicted molar refractivity (Wildman–Crippen MR) is 68.7 cm³/mol. The Morgan fingerprint density at radius 3 is 2.50 bits per heavy atom. The van der Waals surface area contributed by atoms with E-state index in [-0.39, 0.29) is 12.3 Å². The average molecular weight is 248 g/mol. The molecule has 1 rings (SSSR count). The molecule has 0 aliphatic heterocycles. The molecule has 0 fully saturated rings. The zero-order chi connectivity index (χ0) is 13.5. The standard InChI is InChI=1S/C13H16N2O3/c1-3-18-12(16)8-11(14)13(17)15-10-6-4-9(2)5-7-10/h4-8H,3,14H2,1-2H3,(H,15,17)/b11-8+. The first-order chi connectivity index (χ1) is 8.52. The lowest BCUT2D eigenvalue weighted by Gasteiger charge is -2.05. The van der Waals surface area contributed by atoms with E-state index < -0.39 is 11.9 Å². The lowest BCUT2D eigenvalue weighted by molar-refractivity contribution is -0.137. The summed E-state index contributed by atoms with van der Waals surface area (Å²) in [5.41, 5.74) is 6.99. The molecule has 0 bridgehead atoms. The third kappa shape index (κ3) is 4.29. The van der Waals surface area contributed by atoms with Crippen LogP contribution in [0.15, 0.2) is 36.0 Å². The number of esters is 1. The summed E-state index contributed by atoms with van der Waals surface area (Å²) >= 11 is 0. The molecule has 0 aliphatic carbocycles. The second kappa shape index (κ2) is 6.44. The highest BCUT2D eigenvalue weighted by Crippen LogP contribution is 2.09. The maximum Gasteiger partial charge on any atom is 0.333 e. The quantitative estimate of drug-likeness (QED) is 0.622. The van der Waals surface area contributed by atoms with Crippen LogP contribution < -0.4 is 11.1 Å². The van der Waals surface area contributed by atoms with Crippen molar-refractivity contribution in [1.29, 1.82) is 0 Å². The summed E-state index contributed by atoms with van der Waals surface area (Å²) < 4.78 is 4.65. The van der Waals surface area contributed by atoms with Crippen LogP contribution >= 0.6 is 0 Å². The number of nitrogens with one attached hydrogen (secondary N) is 1. The van der Waals surface area contributed by atoms with Gasteiger partial charge in [0.1, 0.15) is 5.70 Å². The number of amides is 1. The third-order valence-corrected chi connectivity index (χ3v) is 2.13. The van der Waals surface area contributed by atoms with Crippen molar-refractivity contribution in [2.75, 3.05) is 11.9 Å². The van der Waals surface area contributed by atoms with Crippen molar-refractivity contribution in [1.82, 2.24) is 0 Å². The van der Waals surface area contributed by atoms with E-state index in [2.05, 4.69) is 10.1 Å². The van der Waals surface area contributed by atoms with Crippen molar-refractivity contribution < 1.29 is 14.3 Å². The number of carbonyl (C=O) groups excluding carboxylic acids is 2. The summed E-state index contributed by atoms with van der Waals surface area (Å²) in [6.07, 6.45) is 0.965. The normalized spacial score (nSPS) is 10.9. The van der Waals surface area contributed by atoms with Crippen LogP contribution in [0.3, 0.4) is 0 Å². The van der Waals surface area contributed by atoms with Gasteiger partial charge in [0.15, 0.2) is 0 Å². The maximum atomic E-state index is 11.6. The Hall–Kier alpha value is -2.30. The topological polar surface area (TPSA) is 81.4 Å².